The van der Waals surface area contributed by atoms with E-state index in [0.29, 0.717) is 17.5 Å². The van der Waals surface area contributed by atoms with Crippen molar-refractivity contribution in [2.24, 2.45) is 0 Å². The molecule has 2 aromatic heterocycles. The van der Waals surface area contributed by atoms with Crippen molar-refractivity contribution < 1.29 is 0 Å². The Labute approximate surface area is 334 Å². The van der Waals surface area contributed by atoms with E-state index in [-0.39, 0.29) is 0 Å². The summed E-state index contributed by atoms with van der Waals surface area (Å²) in [6.45, 7) is 0. The van der Waals surface area contributed by atoms with Crippen LogP contribution < -0.4 is 0 Å². The third-order valence-electron chi connectivity index (χ3n) is 11.7. The molecular formula is C54H32N4. The van der Waals surface area contributed by atoms with Crippen molar-refractivity contribution in [2.75, 3.05) is 0 Å². The Balaban J connectivity index is 1.15. The maximum Gasteiger partial charge on any atom is 0.164 e. The summed E-state index contributed by atoms with van der Waals surface area (Å²) >= 11 is 0. The maximum absolute atomic E-state index is 5.29. The number of benzene rings is 9. The van der Waals surface area contributed by atoms with Crippen molar-refractivity contribution in [3.63, 3.8) is 0 Å². The highest BCUT2D eigenvalue weighted by molar-refractivity contribution is 6.37. The van der Waals surface area contributed by atoms with Crippen molar-refractivity contribution in [1.82, 2.24) is 19.9 Å². The lowest BCUT2D eigenvalue weighted by Gasteiger charge is -2.17. The second kappa shape index (κ2) is 12.9. The SMILES string of the molecule is c1ccc(-c2cccc(-c3nc(-c4ccc(-c5cccnc5)cc4)nc(-c4cc5ccc6cccc7c8cccc9ccc%10cccc(c(c4)c5c67)c%10c98)n3)c2)cc1. The fourth-order valence-corrected chi connectivity index (χ4v) is 8.99. The van der Waals surface area contributed by atoms with E-state index in [2.05, 4.69) is 175 Å². The summed E-state index contributed by atoms with van der Waals surface area (Å²) in [5, 5.41) is 14.8. The van der Waals surface area contributed by atoms with Gasteiger partial charge in [-0.15, -0.1) is 0 Å². The fraction of sp³-hybridized carbons (Fsp3) is 0. The van der Waals surface area contributed by atoms with Crippen molar-refractivity contribution >= 4 is 64.6 Å². The van der Waals surface area contributed by atoms with E-state index in [1.165, 1.54) is 59.2 Å². The Kier molecular flexibility index (Phi) is 7.20. The molecule has 0 atom stereocenters. The van der Waals surface area contributed by atoms with Crippen molar-refractivity contribution in [2.45, 2.75) is 0 Å². The summed E-state index contributed by atoms with van der Waals surface area (Å²) in [6, 6.07) is 65.1. The molecule has 10 aromatic carbocycles. The molecular weight excluding hydrogens is 705 g/mol. The van der Waals surface area contributed by atoms with Crippen LogP contribution in [0.5, 0.6) is 0 Å². The maximum atomic E-state index is 5.29. The fourth-order valence-electron chi connectivity index (χ4n) is 8.99. The normalized spacial score (nSPS) is 11.8. The third kappa shape index (κ3) is 5.16. The first-order valence-corrected chi connectivity index (χ1v) is 19.6. The quantitative estimate of drug-likeness (QED) is 0.165. The predicted molar refractivity (Wildman–Crippen MR) is 241 cm³/mol. The van der Waals surface area contributed by atoms with E-state index in [4.69, 9.17) is 15.0 Å². The molecule has 0 fully saturated rings. The first kappa shape index (κ1) is 32.4. The summed E-state index contributed by atoms with van der Waals surface area (Å²) in [6.07, 6.45) is 3.68. The van der Waals surface area contributed by atoms with E-state index in [0.717, 1.165) is 44.3 Å². The Morgan fingerprint density at radius 2 is 0.741 bits per heavy atom. The van der Waals surface area contributed by atoms with Gasteiger partial charge in [0.05, 0.1) is 0 Å². The van der Waals surface area contributed by atoms with Crippen LogP contribution in [0, 0.1) is 0 Å². The molecule has 0 radical (unpaired) electrons. The van der Waals surface area contributed by atoms with Crippen LogP contribution in [0.2, 0.25) is 0 Å². The van der Waals surface area contributed by atoms with Crippen LogP contribution in [0.4, 0.5) is 0 Å². The van der Waals surface area contributed by atoms with Crippen LogP contribution in [0.3, 0.4) is 0 Å². The Morgan fingerprint density at radius 1 is 0.259 bits per heavy atom. The van der Waals surface area contributed by atoms with E-state index < -0.39 is 0 Å². The largest absolute Gasteiger partial charge is 0.264 e. The minimum Gasteiger partial charge on any atom is -0.264 e. The van der Waals surface area contributed by atoms with Gasteiger partial charge in [0.15, 0.2) is 17.5 Å². The van der Waals surface area contributed by atoms with Gasteiger partial charge >= 0.3 is 0 Å². The van der Waals surface area contributed by atoms with Gasteiger partial charge in [-0.1, -0.05) is 158 Å². The molecule has 0 unspecified atom stereocenters. The second-order valence-electron chi connectivity index (χ2n) is 15.0. The van der Waals surface area contributed by atoms with E-state index in [1.807, 2.05) is 18.3 Å². The lowest BCUT2D eigenvalue weighted by Crippen LogP contribution is -2.00. The highest BCUT2D eigenvalue weighted by Crippen LogP contribution is 2.44. The Morgan fingerprint density at radius 3 is 1.38 bits per heavy atom. The number of rotatable bonds is 5. The van der Waals surface area contributed by atoms with Crippen LogP contribution in [-0.2, 0) is 0 Å². The molecule has 4 heteroatoms. The second-order valence-corrected chi connectivity index (χ2v) is 15.0. The molecule has 0 aliphatic heterocycles. The average Bonchev–Trinajstić information content (AvgIpc) is 3.30. The monoisotopic (exact) mass is 736 g/mol. The van der Waals surface area contributed by atoms with Crippen LogP contribution in [0.1, 0.15) is 0 Å². The molecule has 2 heterocycles. The van der Waals surface area contributed by atoms with E-state index >= 15 is 0 Å². The smallest absolute Gasteiger partial charge is 0.164 e. The zero-order valence-corrected chi connectivity index (χ0v) is 31.3. The molecule has 0 aliphatic rings. The number of aromatic nitrogens is 4. The van der Waals surface area contributed by atoms with Crippen LogP contribution in [-0.4, -0.2) is 19.9 Å². The first-order valence-electron chi connectivity index (χ1n) is 19.6. The van der Waals surface area contributed by atoms with Gasteiger partial charge in [-0.3, -0.25) is 4.98 Å². The summed E-state index contributed by atoms with van der Waals surface area (Å²) in [7, 11) is 0. The number of nitrogens with zero attached hydrogens (tertiary/aromatic N) is 4. The first-order chi connectivity index (χ1) is 28.7. The summed E-state index contributed by atoms with van der Waals surface area (Å²) in [4.78, 5) is 20.1. The molecule has 268 valence electrons. The molecule has 0 bridgehead atoms. The molecule has 4 nitrogen and oxygen atoms in total. The number of pyridine rings is 1. The molecule has 0 spiro atoms. The third-order valence-corrected chi connectivity index (χ3v) is 11.7. The van der Waals surface area contributed by atoms with Gasteiger partial charge in [-0.05, 0) is 111 Å². The Hall–Kier alpha value is -7.82. The summed E-state index contributed by atoms with van der Waals surface area (Å²) in [5.41, 5.74) is 7.17. The zero-order chi connectivity index (χ0) is 38.2. The molecule has 0 saturated heterocycles. The molecule has 12 aromatic rings. The van der Waals surface area contributed by atoms with Crippen molar-refractivity contribution in [3.05, 3.63) is 194 Å². The lowest BCUT2D eigenvalue weighted by molar-refractivity contribution is 1.07. The van der Waals surface area contributed by atoms with Crippen LogP contribution in [0.25, 0.3) is 121 Å². The molecule has 12 rings (SSSR count). The predicted octanol–water partition coefficient (Wildman–Crippen LogP) is 14.0. The van der Waals surface area contributed by atoms with Crippen molar-refractivity contribution in [1.29, 1.82) is 0 Å². The molecule has 58 heavy (non-hydrogen) atoms. The van der Waals surface area contributed by atoms with Crippen LogP contribution >= 0.6 is 0 Å². The lowest BCUT2D eigenvalue weighted by atomic mass is 9.87. The molecule has 0 amide bonds. The summed E-state index contributed by atoms with van der Waals surface area (Å²) < 4.78 is 0. The molecule has 0 saturated carbocycles. The molecule has 0 aliphatic carbocycles. The summed E-state index contributed by atoms with van der Waals surface area (Å²) in [5.74, 6) is 1.87. The number of hydrogen-bond acceptors (Lipinski definition) is 4. The van der Waals surface area contributed by atoms with E-state index in [9.17, 15) is 0 Å². The van der Waals surface area contributed by atoms with E-state index in [1.54, 1.807) is 6.20 Å². The topological polar surface area (TPSA) is 51.6 Å². The van der Waals surface area contributed by atoms with Crippen LogP contribution in [0.15, 0.2) is 194 Å². The number of hydrogen-bond donors (Lipinski definition) is 0. The highest BCUT2D eigenvalue weighted by atomic mass is 15.0. The van der Waals surface area contributed by atoms with Gasteiger partial charge in [0.25, 0.3) is 0 Å². The average molecular weight is 737 g/mol. The van der Waals surface area contributed by atoms with Gasteiger partial charge in [-0.25, -0.2) is 15.0 Å². The van der Waals surface area contributed by atoms with Gasteiger partial charge in [-0.2, -0.15) is 0 Å². The van der Waals surface area contributed by atoms with Gasteiger partial charge in [0.1, 0.15) is 0 Å². The highest BCUT2D eigenvalue weighted by Gasteiger charge is 2.19. The number of fused-ring (bicyclic) bond motifs is 2. The zero-order valence-electron chi connectivity index (χ0n) is 31.3. The minimum absolute atomic E-state index is 0.618. The Bertz CT molecular complexity index is 3540. The van der Waals surface area contributed by atoms with Gasteiger partial charge in [0, 0.05) is 29.1 Å². The standard InChI is InChI=1S/C54H32N4/c1-2-9-33(10-3-1)39-14-4-15-41(29-39)53-56-52(38-25-20-34(21-26-38)42-16-8-28-55-32-42)57-54(58-53)43-30-40-27-24-37-12-6-18-45-44-17-5-11-35-22-23-36-13-7-19-46(50(36)48(35)44)47(31-43)51(40)49(37)45/h1-32H. The minimum atomic E-state index is 0.618. The van der Waals surface area contributed by atoms with Gasteiger partial charge < -0.3 is 0 Å². The van der Waals surface area contributed by atoms with Gasteiger partial charge in [0.2, 0.25) is 0 Å². The van der Waals surface area contributed by atoms with Crippen molar-refractivity contribution in [3.8, 4) is 56.4 Å². The molecule has 0 N–H and O–H groups in total.